The van der Waals surface area contributed by atoms with Crippen molar-refractivity contribution in [2.24, 2.45) is 5.92 Å². The van der Waals surface area contributed by atoms with Crippen molar-refractivity contribution < 1.29 is 18.9 Å². The van der Waals surface area contributed by atoms with Crippen LogP contribution < -0.4 is 23.8 Å². The third-order valence-corrected chi connectivity index (χ3v) is 5.64. The van der Waals surface area contributed by atoms with Gasteiger partial charge in [0, 0.05) is 30.1 Å². The van der Waals surface area contributed by atoms with Gasteiger partial charge in [-0.15, -0.1) is 5.10 Å². The lowest BCUT2D eigenvalue weighted by Crippen LogP contribution is -2.38. The molecule has 3 aromatic rings. The number of rotatable bonds is 7. The van der Waals surface area contributed by atoms with Gasteiger partial charge in [0.25, 0.3) is 0 Å². The molecule has 3 heterocycles. The average molecular weight is 425 g/mol. The fourth-order valence-corrected chi connectivity index (χ4v) is 4.07. The van der Waals surface area contributed by atoms with Crippen molar-refractivity contribution >= 4 is 16.6 Å². The monoisotopic (exact) mass is 424 g/mol. The summed E-state index contributed by atoms with van der Waals surface area (Å²) in [4.78, 5) is 6.57. The number of pyridine rings is 1. The number of hydrogen-bond acceptors (Lipinski definition) is 8. The molecule has 0 radical (unpaired) electrons. The molecule has 1 saturated heterocycles. The Labute approximate surface area is 182 Å². The summed E-state index contributed by atoms with van der Waals surface area (Å²) >= 11 is 0. The topological polar surface area (TPSA) is 78.8 Å². The second kappa shape index (κ2) is 9.24. The molecule has 0 amide bonds. The Balaban J connectivity index is 1.59. The Morgan fingerprint density at radius 3 is 2.58 bits per heavy atom. The minimum atomic E-state index is 0.383. The van der Waals surface area contributed by atoms with Crippen LogP contribution in [0, 0.1) is 12.8 Å². The highest BCUT2D eigenvalue weighted by atomic mass is 16.5. The van der Waals surface area contributed by atoms with E-state index >= 15 is 0 Å². The molecular formula is C23H28N4O4. The van der Waals surface area contributed by atoms with Crippen LogP contribution in [0.4, 0.5) is 5.82 Å². The molecule has 1 aliphatic heterocycles. The zero-order valence-electron chi connectivity index (χ0n) is 18.4. The van der Waals surface area contributed by atoms with Crippen molar-refractivity contribution in [3.8, 4) is 23.0 Å². The van der Waals surface area contributed by atoms with Gasteiger partial charge in [-0.25, -0.2) is 0 Å². The summed E-state index contributed by atoms with van der Waals surface area (Å²) < 4.78 is 22.7. The number of aryl methyl sites for hydroxylation is 1. The van der Waals surface area contributed by atoms with Crippen LogP contribution in [0.3, 0.4) is 0 Å². The number of anilines is 1. The van der Waals surface area contributed by atoms with Gasteiger partial charge < -0.3 is 23.8 Å². The number of benzene rings is 1. The molecule has 1 fully saturated rings. The van der Waals surface area contributed by atoms with Gasteiger partial charge in [-0.1, -0.05) is 0 Å². The first kappa shape index (κ1) is 21.0. The van der Waals surface area contributed by atoms with Crippen LogP contribution in [0.1, 0.15) is 18.5 Å². The molecule has 0 bridgehead atoms. The fraction of sp³-hybridized carbons (Fsp3) is 0.435. The van der Waals surface area contributed by atoms with E-state index in [9.17, 15) is 0 Å². The first-order valence-corrected chi connectivity index (χ1v) is 10.4. The van der Waals surface area contributed by atoms with Crippen molar-refractivity contribution in [1.29, 1.82) is 0 Å². The predicted octanol–water partition coefficient (Wildman–Crippen LogP) is 3.65. The number of aromatic nitrogens is 3. The lowest BCUT2D eigenvalue weighted by atomic mass is 9.98. The first-order valence-electron chi connectivity index (χ1n) is 10.4. The summed E-state index contributed by atoms with van der Waals surface area (Å²) in [6.45, 7) is 4.35. The average Bonchev–Trinajstić information content (AvgIpc) is 2.82. The summed E-state index contributed by atoms with van der Waals surface area (Å²) in [5.41, 5.74) is 0.980. The summed E-state index contributed by atoms with van der Waals surface area (Å²) in [5.74, 6) is 3.75. The van der Waals surface area contributed by atoms with E-state index < -0.39 is 0 Å². The van der Waals surface area contributed by atoms with Gasteiger partial charge >= 0.3 is 0 Å². The van der Waals surface area contributed by atoms with Crippen molar-refractivity contribution in [3.05, 3.63) is 36.3 Å². The second-order valence-corrected chi connectivity index (χ2v) is 7.68. The molecule has 1 atom stereocenters. The van der Waals surface area contributed by atoms with E-state index in [4.69, 9.17) is 18.9 Å². The lowest BCUT2D eigenvalue weighted by molar-refractivity contribution is 0.228. The Bertz CT molecular complexity index is 1040. The Morgan fingerprint density at radius 2 is 1.87 bits per heavy atom. The number of hydrogen-bond donors (Lipinski definition) is 0. The highest BCUT2D eigenvalue weighted by molar-refractivity contribution is 5.99. The maximum atomic E-state index is 5.99. The van der Waals surface area contributed by atoms with E-state index in [1.165, 1.54) is 0 Å². The molecule has 0 aliphatic carbocycles. The summed E-state index contributed by atoms with van der Waals surface area (Å²) in [6, 6.07) is 5.87. The van der Waals surface area contributed by atoms with Gasteiger partial charge in [0.1, 0.15) is 5.75 Å². The van der Waals surface area contributed by atoms with E-state index in [0.717, 1.165) is 54.0 Å². The number of nitrogens with zero attached hydrogens (tertiary/aromatic N) is 4. The molecule has 0 N–H and O–H groups in total. The van der Waals surface area contributed by atoms with Crippen molar-refractivity contribution in [1.82, 2.24) is 15.2 Å². The van der Waals surface area contributed by atoms with Crippen LogP contribution in [-0.4, -0.2) is 56.2 Å². The zero-order valence-corrected chi connectivity index (χ0v) is 18.4. The lowest BCUT2D eigenvalue weighted by Gasteiger charge is -2.33. The molecule has 1 aromatic carbocycles. The van der Waals surface area contributed by atoms with Crippen molar-refractivity contribution in [2.75, 3.05) is 45.9 Å². The van der Waals surface area contributed by atoms with E-state index in [0.29, 0.717) is 29.8 Å². The quantitative estimate of drug-likeness (QED) is 0.569. The van der Waals surface area contributed by atoms with Gasteiger partial charge in [0.2, 0.25) is 5.75 Å². The molecule has 4 rings (SSSR count). The molecule has 1 unspecified atom stereocenters. The fourth-order valence-electron chi connectivity index (χ4n) is 4.07. The van der Waals surface area contributed by atoms with E-state index in [1.807, 2.05) is 25.1 Å². The maximum absolute atomic E-state index is 5.99. The smallest absolute Gasteiger partial charge is 0.204 e. The number of ether oxygens (including phenoxy) is 4. The molecule has 164 valence electrons. The Morgan fingerprint density at radius 1 is 1.03 bits per heavy atom. The van der Waals surface area contributed by atoms with E-state index in [2.05, 4.69) is 20.1 Å². The van der Waals surface area contributed by atoms with E-state index in [1.54, 1.807) is 33.7 Å². The summed E-state index contributed by atoms with van der Waals surface area (Å²) in [6.07, 6.45) is 5.64. The largest absolute Gasteiger partial charge is 0.493 e. The van der Waals surface area contributed by atoms with Crippen LogP contribution in [-0.2, 0) is 0 Å². The molecule has 1 aliphatic rings. The third-order valence-electron chi connectivity index (χ3n) is 5.64. The normalized spacial score (nSPS) is 16.3. The van der Waals surface area contributed by atoms with Gasteiger partial charge in [-0.3, -0.25) is 4.98 Å². The van der Waals surface area contributed by atoms with Crippen molar-refractivity contribution in [3.63, 3.8) is 0 Å². The standard InChI is InChI=1S/C23H28N4O4/c1-15-7-8-17(11-24-15)31-14-16-6-5-9-27(13-16)23-18-10-20(28-2)22(30-4)21(29-3)19(18)12-25-26-23/h7-8,10-12,16H,5-6,9,13-14H2,1-4H3. The summed E-state index contributed by atoms with van der Waals surface area (Å²) in [7, 11) is 4.83. The predicted molar refractivity (Wildman–Crippen MR) is 119 cm³/mol. The Hall–Kier alpha value is -3.29. The molecule has 31 heavy (non-hydrogen) atoms. The van der Waals surface area contributed by atoms with Crippen LogP contribution in [0.25, 0.3) is 10.8 Å². The van der Waals surface area contributed by atoms with Crippen LogP contribution in [0.5, 0.6) is 23.0 Å². The first-order chi connectivity index (χ1) is 15.1. The molecule has 2 aromatic heterocycles. The highest BCUT2D eigenvalue weighted by Crippen LogP contribution is 2.45. The van der Waals surface area contributed by atoms with E-state index in [-0.39, 0.29) is 0 Å². The molecule has 0 saturated carbocycles. The SMILES string of the molecule is COc1cc2c(N3CCCC(COc4ccc(C)nc4)C3)nncc2c(OC)c1OC. The van der Waals surface area contributed by atoms with Crippen LogP contribution >= 0.6 is 0 Å². The molecule has 8 nitrogen and oxygen atoms in total. The Kier molecular flexibility index (Phi) is 6.25. The molecular weight excluding hydrogens is 396 g/mol. The minimum Gasteiger partial charge on any atom is -0.493 e. The highest BCUT2D eigenvalue weighted by Gasteiger charge is 2.26. The van der Waals surface area contributed by atoms with Gasteiger partial charge in [-0.05, 0) is 38.0 Å². The van der Waals surface area contributed by atoms with Crippen molar-refractivity contribution in [2.45, 2.75) is 19.8 Å². The summed E-state index contributed by atoms with van der Waals surface area (Å²) in [5, 5.41) is 10.5. The van der Waals surface area contributed by atoms with Crippen LogP contribution in [0.2, 0.25) is 0 Å². The number of methoxy groups -OCH3 is 3. The van der Waals surface area contributed by atoms with Crippen LogP contribution in [0.15, 0.2) is 30.6 Å². The third kappa shape index (κ3) is 4.28. The molecule has 8 heteroatoms. The van der Waals surface area contributed by atoms with Gasteiger partial charge in [0.05, 0.1) is 45.7 Å². The van der Waals surface area contributed by atoms with Gasteiger partial charge in [-0.2, -0.15) is 5.10 Å². The van der Waals surface area contributed by atoms with Gasteiger partial charge in [0.15, 0.2) is 17.3 Å². The number of piperidine rings is 1. The zero-order chi connectivity index (χ0) is 21.8. The second-order valence-electron chi connectivity index (χ2n) is 7.68. The molecule has 0 spiro atoms. The minimum absolute atomic E-state index is 0.383. The number of fused-ring (bicyclic) bond motifs is 1. The maximum Gasteiger partial charge on any atom is 0.204 e.